The molecule has 19 heavy (non-hydrogen) atoms. The van der Waals surface area contributed by atoms with E-state index in [0.717, 1.165) is 17.9 Å². The van der Waals surface area contributed by atoms with E-state index in [4.69, 9.17) is 15.2 Å². The van der Waals surface area contributed by atoms with Crippen LogP contribution in [-0.4, -0.2) is 19.3 Å². The molecule has 1 atom stereocenters. The smallest absolute Gasteiger partial charge is 0.161 e. The average molecular weight is 263 g/mol. The van der Waals surface area contributed by atoms with Crippen molar-refractivity contribution in [2.45, 2.75) is 40.2 Å². The molecule has 1 rings (SSSR count). The summed E-state index contributed by atoms with van der Waals surface area (Å²) in [6.45, 7) is 9.27. The lowest BCUT2D eigenvalue weighted by atomic mass is 10.1. The minimum Gasteiger partial charge on any atom is -0.490 e. The van der Waals surface area contributed by atoms with Crippen LogP contribution < -0.4 is 15.2 Å². The highest BCUT2D eigenvalue weighted by atomic mass is 16.5. The molecule has 3 nitrogen and oxygen atoms in total. The highest BCUT2D eigenvalue weighted by molar-refractivity contribution is 5.43. The number of allylic oxidation sites excluding steroid dienone is 1. The van der Waals surface area contributed by atoms with E-state index < -0.39 is 0 Å². The summed E-state index contributed by atoms with van der Waals surface area (Å²) in [5.74, 6) is 1.58. The fourth-order valence-electron chi connectivity index (χ4n) is 1.74. The molecule has 0 saturated heterocycles. The lowest BCUT2D eigenvalue weighted by Gasteiger charge is -2.13. The van der Waals surface area contributed by atoms with Crippen molar-refractivity contribution in [3.05, 3.63) is 35.4 Å². The summed E-state index contributed by atoms with van der Waals surface area (Å²) in [6.07, 6.45) is 2.89. The standard InChI is InChI=1S/C16H25NO2/c1-5-18-16-11-14(10-13(4)17)6-7-15(16)19-9-8-12(2)3/h6-8,11,13H,5,9-10,17H2,1-4H3. The van der Waals surface area contributed by atoms with Crippen molar-refractivity contribution in [3.63, 3.8) is 0 Å². The van der Waals surface area contributed by atoms with Crippen LogP contribution in [0.4, 0.5) is 0 Å². The molecule has 2 N–H and O–H groups in total. The van der Waals surface area contributed by atoms with Gasteiger partial charge in [-0.3, -0.25) is 0 Å². The van der Waals surface area contributed by atoms with Crippen LogP contribution in [0.1, 0.15) is 33.3 Å². The molecule has 1 unspecified atom stereocenters. The minimum atomic E-state index is 0.145. The summed E-state index contributed by atoms with van der Waals surface area (Å²) in [5, 5.41) is 0. The zero-order chi connectivity index (χ0) is 14.3. The van der Waals surface area contributed by atoms with Gasteiger partial charge in [-0.15, -0.1) is 0 Å². The molecular weight excluding hydrogens is 238 g/mol. The Bertz CT molecular complexity index is 421. The Labute approximate surface area is 116 Å². The Balaban J connectivity index is 2.81. The Morgan fingerprint density at radius 2 is 2.00 bits per heavy atom. The van der Waals surface area contributed by atoms with Crippen molar-refractivity contribution in [2.75, 3.05) is 13.2 Å². The van der Waals surface area contributed by atoms with Crippen LogP contribution in [0.3, 0.4) is 0 Å². The first-order chi connectivity index (χ1) is 9.02. The quantitative estimate of drug-likeness (QED) is 0.767. The molecule has 0 bridgehead atoms. The number of hydrogen-bond donors (Lipinski definition) is 1. The van der Waals surface area contributed by atoms with Crippen LogP contribution in [-0.2, 0) is 6.42 Å². The number of benzene rings is 1. The topological polar surface area (TPSA) is 44.5 Å². The van der Waals surface area contributed by atoms with Gasteiger partial charge in [0.1, 0.15) is 6.61 Å². The minimum absolute atomic E-state index is 0.145. The van der Waals surface area contributed by atoms with Crippen LogP contribution in [0.25, 0.3) is 0 Å². The molecule has 0 heterocycles. The molecule has 0 saturated carbocycles. The third-order valence-corrected chi connectivity index (χ3v) is 2.60. The monoisotopic (exact) mass is 263 g/mol. The second-order valence-corrected chi connectivity index (χ2v) is 4.99. The fourth-order valence-corrected chi connectivity index (χ4v) is 1.74. The zero-order valence-electron chi connectivity index (χ0n) is 12.4. The van der Waals surface area contributed by atoms with E-state index in [-0.39, 0.29) is 6.04 Å². The maximum absolute atomic E-state index is 5.82. The van der Waals surface area contributed by atoms with Crippen molar-refractivity contribution in [1.29, 1.82) is 0 Å². The van der Waals surface area contributed by atoms with Gasteiger partial charge in [-0.1, -0.05) is 11.6 Å². The number of nitrogens with two attached hydrogens (primary N) is 1. The fraction of sp³-hybridized carbons (Fsp3) is 0.500. The lowest BCUT2D eigenvalue weighted by molar-refractivity contribution is 0.296. The maximum Gasteiger partial charge on any atom is 0.161 e. The second kappa shape index (κ2) is 7.85. The van der Waals surface area contributed by atoms with Crippen molar-refractivity contribution in [2.24, 2.45) is 5.73 Å². The van der Waals surface area contributed by atoms with Gasteiger partial charge in [0.15, 0.2) is 11.5 Å². The number of ether oxygens (including phenoxy) is 2. The summed E-state index contributed by atoms with van der Waals surface area (Å²) in [6, 6.07) is 6.17. The van der Waals surface area contributed by atoms with E-state index in [1.54, 1.807) is 0 Å². The van der Waals surface area contributed by atoms with Crippen LogP contribution in [0.2, 0.25) is 0 Å². The molecule has 0 radical (unpaired) electrons. The van der Waals surface area contributed by atoms with Crippen LogP contribution in [0.15, 0.2) is 29.8 Å². The van der Waals surface area contributed by atoms with Crippen molar-refractivity contribution < 1.29 is 9.47 Å². The van der Waals surface area contributed by atoms with E-state index in [9.17, 15) is 0 Å². The van der Waals surface area contributed by atoms with Crippen molar-refractivity contribution in [1.82, 2.24) is 0 Å². The second-order valence-electron chi connectivity index (χ2n) is 4.99. The van der Waals surface area contributed by atoms with Crippen LogP contribution in [0.5, 0.6) is 11.5 Å². The Hall–Kier alpha value is -1.48. The van der Waals surface area contributed by atoms with Gasteiger partial charge in [-0.25, -0.2) is 0 Å². The van der Waals surface area contributed by atoms with E-state index in [0.29, 0.717) is 13.2 Å². The molecule has 3 heteroatoms. The Morgan fingerprint density at radius 3 is 2.58 bits per heavy atom. The van der Waals surface area contributed by atoms with Gasteiger partial charge in [-0.2, -0.15) is 0 Å². The third kappa shape index (κ3) is 5.79. The lowest BCUT2D eigenvalue weighted by Crippen LogP contribution is -2.17. The Morgan fingerprint density at radius 1 is 1.26 bits per heavy atom. The predicted molar refractivity (Wildman–Crippen MR) is 79.9 cm³/mol. The van der Waals surface area contributed by atoms with Gasteiger partial charge in [-0.05, 0) is 57.9 Å². The van der Waals surface area contributed by atoms with Crippen LogP contribution in [0, 0.1) is 0 Å². The molecular formula is C16H25NO2. The molecule has 0 aliphatic rings. The first-order valence-electron chi connectivity index (χ1n) is 6.80. The number of rotatable bonds is 7. The van der Waals surface area contributed by atoms with Gasteiger partial charge in [0, 0.05) is 6.04 Å². The summed E-state index contributed by atoms with van der Waals surface area (Å²) < 4.78 is 11.4. The predicted octanol–water partition coefficient (Wildman–Crippen LogP) is 3.32. The molecule has 1 aromatic carbocycles. The zero-order valence-corrected chi connectivity index (χ0v) is 12.4. The average Bonchev–Trinajstić information content (AvgIpc) is 2.31. The SMILES string of the molecule is CCOc1cc(CC(C)N)ccc1OCC=C(C)C. The van der Waals surface area contributed by atoms with Gasteiger partial charge in [0.25, 0.3) is 0 Å². The summed E-state index contributed by atoms with van der Waals surface area (Å²) in [7, 11) is 0. The third-order valence-electron chi connectivity index (χ3n) is 2.60. The molecule has 0 aromatic heterocycles. The molecule has 0 aliphatic carbocycles. The molecule has 0 spiro atoms. The first-order valence-corrected chi connectivity index (χ1v) is 6.80. The summed E-state index contributed by atoms with van der Waals surface area (Å²) in [5.41, 5.74) is 8.24. The van der Waals surface area contributed by atoms with Gasteiger partial charge in [0.2, 0.25) is 0 Å². The largest absolute Gasteiger partial charge is 0.490 e. The number of hydrogen-bond acceptors (Lipinski definition) is 3. The molecule has 0 fully saturated rings. The van der Waals surface area contributed by atoms with E-state index >= 15 is 0 Å². The highest BCUT2D eigenvalue weighted by Gasteiger charge is 2.07. The summed E-state index contributed by atoms with van der Waals surface area (Å²) in [4.78, 5) is 0. The van der Waals surface area contributed by atoms with E-state index in [1.807, 2.05) is 38.1 Å². The molecule has 0 amide bonds. The van der Waals surface area contributed by atoms with Crippen LogP contribution >= 0.6 is 0 Å². The summed E-state index contributed by atoms with van der Waals surface area (Å²) >= 11 is 0. The van der Waals surface area contributed by atoms with E-state index in [2.05, 4.69) is 13.8 Å². The first kappa shape index (κ1) is 15.6. The Kier molecular flexibility index (Phi) is 6.43. The van der Waals surface area contributed by atoms with E-state index in [1.165, 1.54) is 11.1 Å². The van der Waals surface area contributed by atoms with Gasteiger partial charge < -0.3 is 15.2 Å². The molecule has 1 aromatic rings. The van der Waals surface area contributed by atoms with Gasteiger partial charge in [0.05, 0.1) is 6.61 Å². The maximum atomic E-state index is 5.82. The van der Waals surface area contributed by atoms with Gasteiger partial charge >= 0.3 is 0 Å². The van der Waals surface area contributed by atoms with Crippen molar-refractivity contribution in [3.8, 4) is 11.5 Å². The molecule has 106 valence electrons. The molecule has 0 aliphatic heterocycles. The highest BCUT2D eigenvalue weighted by Crippen LogP contribution is 2.29. The normalized spacial score (nSPS) is 11.8. The van der Waals surface area contributed by atoms with Crippen molar-refractivity contribution >= 4 is 0 Å².